The highest BCUT2D eigenvalue weighted by Crippen LogP contribution is 2.41. The number of fused-ring (bicyclic) bond motifs is 5. The smallest absolute Gasteiger partial charge is 0.307 e. The van der Waals surface area contributed by atoms with E-state index in [1.165, 1.54) is 11.1 Å². The van der Waals surface area contributed by atoms with Crippen LogP contribution >= 0.6 is 0 Å². The van der Waals surface area contributed by atoms with E-state index in [4.69, 9.17) is 9.84 Å². The largest absolute Gasteiger partial charge is 0.481 e. The van der Waals surface area contributed by atoms with Crippen LogP contribution in [0.3, 0.4) is 0 Å². The molecule has 0 saturated carbocycles. The Morgan fingerprint density at radius 3 is 2.96 bits per heavy atom. The second-order valence-corrected chi connectivity index (χ2v) is 5.73. The predicted molar refractivity (Wildman–Crippen MR) is 92.1 cm³/mol. The van der Waals surface area contributed by atoms with Crippen molar-refractivity contribution >= 4 is 23.1 Å². The van der Waals surface area contributed by atoms with Crippen LogP contribution in [-0.2, 0) is 11.3 Å². The number of hydrogen-bond donors (Lipinski definition) is 1. The molecule has 0 amide bonds. The Morgan fingerprint density at radius 2 is 2.17 bits per heavy atom. The van der Waals surface area contributed by atoms with Gasteiger partial charge in [0.15, 0.2) is 0 Å². The molecule has 2 aromatic heterocycles. The molecule has 1 aromatic carbocycles. The normalized spacial score (nSPS) is 12.5. The summed E-state index contributed by atoms with van der Waals surface area (Å²) in [7, 11) is 1.59. The number of aromatic nitrogens is 2. The van der Waals surface area contributed by atoms with Crippen molar-refractivity contribution in [2.75, 3.05) is 7.11 Å². The van der Waals surface area contributed by atoms with Crippen LogP contribution in [0, 0.1) is 0 Å². The molecule has 0 atom stereocenters. The van der Waals surface area contributed by atoms with Crippen molar-refractivity contribution in [1.82, 2.24) is 9.55 Å². The van der Waals surface area contributed by atoms with E-state index in [0.29, 0.717) is 5.88 Å². The first kappa shape index (κ1) is 14.5. The molecule has 0 aliphatic carbocycles. The van der Waals surface area contributed by atoms with E-state index >= 15 is 0 Å². The van der Waals surface area contributed by atoms with Crippen LogP contribution in [-0.4, -0.2) is 27.7 Å². The summed E-state index contributed by atoms with van der Waals surface area (Å²) in [5.41, 5.74) is 6.32. The number of carboxylic acid groups (broad SMARTS) is 1. The average Bonchev–Trinajstić information content (AvgIpc) is 3.10. The molecular formula is C19H16N2O3. The van der Waals surface area contributed by atoms with Gasteiger partial charge in [-0.2, -0.15) is 0 Å². The summed E-state index contributed by atoms with van der Waals surface area (Å²) in [5, 5.41) is 8.90. The minimum Gasteiger partial charge on any atom is -0.481 e. The molecule has 1 aliphatic heterocycles. The Morgan fingerprint density at radius 1 is 1.33 bits per heavy atom. The summed E-state index contributed by atoms with van der Waals surface area (Å²) in [5.74, 6) is -0.301. The molecule has 3 aromatic rings. The Bertz CT molecular complexity index is 986. The molecule has 3 heterocycles. The highest BCUT2D eigenvalue weighted by atomic mass is 16.5. The van der Waals surface area contributed by atoms with Gasteiger partial charge < -0.3 is 14.4 Å². The van der Waals surface area contributed by atoms with Crippen molar-refractivity contribution in [3.05, 3.63) is 53.6 Å². The highest BCUT2D eigenvalue weighted by Gasteiger charge is 2.25. The van der Waals surface area contributed by atoms with Crippen LogP contribution in [0.1, 0.15) is 17.5 Å². The lowest BCUT2D eigenvalue weighted by atomic mass is 10.0. The minimum atomic E-state index is -0.850. The highest BCUT2D eigenvalue weighted by molar-refractivity contribution is 5.97. The lowest BCUT2D eigenvalue weighted by molar-refractivity contribution is -0.135. The number of nitrogens with zero attached hydrogens (tertiary/aromatic N) is 2. The fourth-order valence-corrected chi connectivity index (χ4v) is 3.29. The van der Waals surface area contributed by atoms with Crippen molar-refractivity contribution in [3.8, 4) is 17.1 Å². The molecular weight excluding hydrogens is 304 g/mol. The molecule has 0 fully saturated rings. The van der Waals surface area contributed by atoms with E-state index in [2.05, 4.69) is 21.7 Å². The second-order valence-electron chi connectivity index (χ2n) is 5.73. The lowest BCUT2D eigenvalue weighted by Crippen LogP contribution is -1.93. The van der Waals surface area contributed by atoms with Gasteiger partial charge in [0.2, 0.25) is 5.88 Å². The first-order valence-corrected chi connectivity index (χ1v) is 7.73. The number of rotatable bonds is 4. The second kappa shape index (κ2) is 5.53. The molecule has 0 radical (unpaired) electrons. The van der Waals surface area contributed by atoms with Crippen LogP contribution in [0.5, 0.6) is 5.88 Å². The molecule has 0 saturated heterocycles. The summed E-state index contributed by atoms with van der Waals surface area (Å²) in [4.78, 5) is 15.4. The molecule has 5 nitrogen and oxygen atoms in total. The molecule has 4 rings (SSSR count). The molecule has 1 N–H and O–H groups in total. The monoisotopic (exact) mass is 320 g/mol. The van der Waals surface area contributed by atoms with Gasteiger partial charge in [-0.05, 0) is 11.6 Å². The summed E-state index contributed by atoms with van der Waals surface area (Å²) in [6.07, 6.45) is 3.51. The predicted octanol–water partition coefficient (Wildman–Crippen LogP) is 3.56. The van der Waals surface area contributed by atoms with E-state index in [0.717, 1.165) is 28.8 Å². The number of ether oxygens (including phenoxy) is 1. The zero-order valence-corrected chi connectivity index (χ0v) is 13.2. The van der Waals surface area contributed by atoms with Crippen LogP contribution in [0.4, 0.5) is 0 Å². The zero-order chi connectivity index (χ0) is 16.7. The van der Waals surface area contributed by atoms with Crippen LogP contribution in [0.15, 0.2) is 42.5 Å². The molecule has 0 bridgehead atoms. The number of pyridine rings is 1. The van der Waals surface area contributed by atoms with Gasteiger partial charge in [0.05, 0.1) is 24.7 Å². The summed E-state index contributed by atoms with van der Waals surface area (Å²) >= 11 is 0. The van der Waals surface area contributed by atoms with Crippen molar-refractivity contribution in [2.24, 2.45) is 0 Å². The number of carboxylic acids is 1. The van der Waals surface area contributed by atoms with Gasteiger partial charge in [0.1, 0.15) is 5.52 Å². The van der Waals surface area contributed by atoms with Gasteiger partial charge in [0, 0.05) is 23.7 Å². The molecule has 120 valence electrons. The van der Waals surface area contributed by atoms with Gasteiger partial charge in [-0.15, -0.1) is 0 Å². The number of aliphatic carboxylic acids is 1. The Kier molecular flexibility index (Phi) is 3.34. The third kappa shape index (κ3) is 2.17. The average molecular weight is 320 g/mol. The standard InChI is InChI=1S/C19H16N2O3/c1-24-16-10-9-15-18(20-16)14(7-4-8-17(22)23)19-13-6-3-2-5-12(13)11-21(15)19/h2-7,9-10H,8,11H2,1H3,(H,22,23). The molecule has 1 aliphatic rings. The number of hydrogen-bond acceptors (Lipinski definition) is 3. The van der Waals surface area contributed by atoms with E-state index in [1.807, 2.05) is 30.3 Å². The molecule has 0 unspecified atom stereocenters. The van der Waals surface area contributed by atoms with Crippen molar-refractivity contribution < 1.29 is 14.6 Å². The quantitative estimate of drug-likeness (QED) is 0.624. The summed E-state index contributed by atoms with van der Waals surface area (Å²) in [6, 6.07) is 12.1. The fourth-order valence-electron chi connectivity index (χ4n) is 3.29. The minimum absolute atomic E-state index is 0.0161. The third-order valence-electron chi connectivity index (χ3n) is 4.31. The van der Waals surface area contributed by atoms with Crippen molar-refractivity contribution in [2.45, 2.75) is 13.0 Å². The fraction of sp³-hybridized carbons (Fsp3) is 0.158. The Hall–Kier alpha value is -3.08. The van der Waals surface area contributed by atoms with Crippen LogP contribution < -0.4 is 4.74 Å². The van der Waals surface area contributed by atoms with Gasteiger partial charge >= 0.3 is 5.97 Å². The van der Waals surface area contributed by atoms with E-state index < -0.39 is 5.97 Å². The lowest BCUT2D eigenvalue weighted by Gasteiger charge is -2.02. The van der Waals surface area contributed by atoms with Gasteiger partial charge in [0.25, 0.3) is 0 Å². The zero-order valence-electron chi connectivity index (χ0n) is 13.2. The van der Waals surface area contributed by atoms with E-state index in [9.17, 15) is 4.79 Å². The number of methoxy groups -OCH3 is 1. The van der Waals surface area contributed by atoms with E-state index in [1.54, 1.807) is 13.2 Å². The maximum absolute atomic E-state index is 10.8. The van der Waals surface area contributed by atoms with Gasteiger partial charge in [-0.1, -0.05) is 36.4 Å². The Balaban J connectivity index is 1.97. The van der Waals surface area contributed by atoms with E-state index in [-0.39, 0.29) is 6.42 Å². The van der Waals surface area contributed by atoms with Gasteiger partial charge in [-0.3, -0.25) is 4.79 Å². The maximum Gasteiger partial charge on any atom is 0.307 e. The molecule has 5 heteroatoms. The summed E-state index contributed by atoms with van der Waals surface area (Å²) in [6.45, 7) is 0.794. The van der Waals surface area contributed by atoms with Gasteiger partial charge in [-0.25, -0.2) is 4.98 Å². The first-order chi connectivity index (χ1) is 11.7. The van der Waals surface area contributed by atoms with Crippen LogP contribution in [0.2, 0.25) is 0 Å². The first-order valence-electron chi connectivity index (χ1n) is 7.73. The van der Waals surface area contributed by atoms with Crippen molar-refractivity contribution in [1.29, 1.82) is 0 Å². The topological polar surface area (TPSA) is 64.3 Å². The van der Waals surface area contributed by atoms with Crippen molar-refractivity contribution in [3.63, 3.8) is 0 Å². The third-order valence-corrected chi connectivity index (χ3v) is 4.31. The molecule has 24 heavy (non-hydrogen) atoms. The number of benzene rings is 1. The summed E-state index contributed by atoms with van der Waals surface area (Å²) < 4.78 is 7.48. The maximum atomic E-state index is 10.8. The SMILES string of the molecule is COc1ccc2c(n1)c(C=CCC(=O)O)c1n2Cc2ccccc2-1. The Labute approximate surface area is 138 Å². The molecule has 0 spiro atoms. The number of carbonyl (C=O) groups is 1. The van der Waals surface area contributed by atoms with Crippen LogP contribution in [0.25, 0.3) is 28.4 Å².